The summed E-state index contributed by atoms with van der Waals surface area (Å²) in [6.45, 7) is -0.615. The number of methoxy groups -OCH3 is 2. The average molecular weight is 462 g/mol. The highest BCUT2D eigenvalue weighted by Gasteiger charge is 2.46. The molecule has 4 rings (SSSR count). The number of ketones is 1. The molecule has 178 valence electrons. The standard InChI is InChI=1S/C23H26O10/c1-29-15-9-14(32-23-20(28)19(27)18(26)16(10-24)33-23)17-12(25)8-13(11-6-4-3-5-7-11)31-22(17)21(15)30-2/h3-7,9,13,16,18-20,23-24,26-28H,8,10H2,1-2H3/t13?,16-,18-,19+,20-,23-/m1/s1. The first-order valence-electron chi connectivity index (χ1n) is 10.4. The van der Waals surface area contributed by atoms with E-state index in [1.165, 1.54) is 20.3 Å². The first kappa shape index (κ1) is 23.3. The van der Waals surface area contributed by atoms with Gasteiger partial charge in [-0.3, -0.25) is 4.79 Å². The molecule has 0 amide bonds. The minimum Gasteiger partial charge on any atom is -0.493 e. The minimum absolute atomic E-state index is 0.0245. The van der Waals surface area contributed by atoms with Crippen LogP contribution in [0.25, 0.3) is 0 Å². The number of aliphatic hydroxyl groups is 4. The molecular formula is C23H26O10. The van der Waals surface area contributed by atoms with E-state index in [2.05, 4.69) is 0 Å². The van der Waals surface area contributed by atoms with Crippen molar-refractivity contribution in [3.05, 3.63) is 47.5 Å². The third kappa shape index (κ3) is 4.23. The Labute approximate surface area is 189 Å². The maximum atomic E-state index is 13.2. The molecule has 0 bridgehead atoms. The summed E-state index contributed by atoms with van der Waals surface area (Å²) >= 11 is 0. The summed E-state index contributed by atoms with van der Waals surface area (Å²) in [6.07, 6.45) is -8.01. The molecule has 2 aromatic rings. The van der Waals surface area contributed by atoms with Crippen molar-refractivity contribution in [1.82, 2.24) is 0 Å². The van der Waals surface area contributed by atoms with Crippen LogP contribution in [0, 0.1) is 0 Å². The van der Waals surface area contributed by atoms with Gasteiger partial charge < -0.3 is 44.1 Å². The van der Waals surface area contributed by atoms with E-state index in [0.29, 0.717) is 0 Å². The van der Waals surface area contributed by atoms with E-state index in [1.54, 1.807) is 0 Å². The zero-order valence-electron chi connectivity index (χ0n) is 18.1. The number of Topliss-reactive ketones (excluding diaryl/α,β-unsaturated/α-hetero) is 1. The predicted octanol–water partition coefficient (Wildman–Crippen LogP) is 0.589. The van der Waals surface area contributed by atoms with Crippen molar-refractivity contribution >= 4 is 5.78 Å². The van der Waals surface area contributed by atoms with Crippen molar-refractivity contribution in [3.63, 3.8) is 0 Å². The largest absolute Gasteiger partial charge is 0.493 e. The molecule has 2 aliphatic rings. The lowest BCUT2D eigenvalue weighted by molar-refractivity contribution is -0.277. The van der Waals surface area contributed by atoms with Gasteiger partial charge in [0.2, 0.25) is 12.0 Å². The molecule has 6 atom stereocenters. The van der Waals surface area contributed by atoms with Gasteiger partial charge in [0.15, 0.2) is 17.3 Å². The molecule has 1 unspecified atom stereocenters. The highest BCUT2D eigenvalue weighted by atomic mass is 16.7. The molecule has 33 heavy (non-hydrogen) atoms. The fourth-order valence-electron chi connectivity index (χ4n) is 4.01. The summed E-state index contributed by atoms with van der Waals surface area (Å²) in [6, 6.07) is 10.6. The maximum Gasteiger partial charge on any atom is 0.229 e. The number of rotatable bonds is 6. The van der Waals surface area contributed by atoms with Gasteiger partial charge in [0.05, 0.1) is 27.2 Å². The van der Waals surface area contributed by atoms with Gasteiger partial charge in [-0.25, -0.2) is 0 Å². The lowest BCUT2D eigenvalue weighted by Crippen LogP contribution is -2.60. The maximum absolute atomic E-state index is 13.2. The summed E-state index contributed by atoms with van der Waals surface area (Å²) < 4.78 is 28.2. The molecule has 2 aromatic carbocycles. The van der Waals surface area contributed by atoms with Gasteiger partial charge in [-0.05, 0) is 5.56 Å². The van der Waals surface area contributed by atoms with Crippen molar-refractivity contribution in [2.24, 2.45) is 0 Å². The summed E-state index contributed by atoms with van der Waals surface area (Å²) in [5.74, 6) is 0.190. The Morgan fingerprint density at radius 1 is 1.00 bits per heavy atom. The minimum atomic E-state index is -1.65. The van der Waals surface area contributed by atoms with E-state index in [-0.39, 0.29) is 40.8 Å². The van der Waals surface area contributed by atoms with Crippen LogP contribution in [0.5, 0.6) is 23.0 Å². The molecular weight excluding hydrogens is 436 g/mol. The van der Waals surface area contributed by atoms with E-state index < -0.39 is 43.4 Å². The third-order valence-corrected chi connectivity index (χ3v) is 5.76. The molecule has 0 aliphatic carbocycles. The fraction of sp³-hybridized carbons (Fsp3) is 0.435. The number of fused-ring (bicyclic) bond motifs is 1. The van der Waals surface area contributed by atoms with Crippen LogP contribution in [-0.4, -0.2) is 77.7 Å². The molecule has 10 nitrogen and oxygen atoms in total. The van der Waals surface area contributed by atoms with Gasteiger partial charge in [-0.15, -0.1) is 0 Å². The molecule has 10 heteroatoms. The van der Waals surface area contributed by atoms with Crippen molar-refractivity contribution in [1.29, 1.82) is 0 Å². The molecule has 1 fully saturated rings. The highest BCUT2D eigenvalue weighted by molar-refractivity contribution is 6.04. The Morgan fingerprint density at radius 2 is 1.73 bits per heavy atom. The molecule has 1 saturated heterocycles. The molecule has 2 aliphatic heterocycles. The number of hydrogen-bond donors (Lipinski definition) is 4. The van der Waals surface area contributed by atoms with Gasteiger partial charge in [-0.2, -0.15) is 0 Å². The second-order valence-electron chi connectivity index (χ2n) is 7.77. The molecule has 0 spiro atoms. The van der Waals surface area contributed by atoms with Crippen molar-refractivity contribution in [2.75, 3.05) is 20.8 Å². The Morgan fingerprint density at radius 3 is 2.36 bits per heavy atom. The van der Waals surface area contributed by atoms with E-state index >= 15 is 0 Å². The first-order chi connectivity index (χ1) is 15.9. The second-order valence-corrected chi connectivity index (χ2v) is 7.77. The summed E-state index contributed by atoms with van der Waals surface area (Å²) in [7, 11) is 2.82. The molecule has 4 N–H and O–H groups in total. The Hall–Kier alpha value is -2.89. The van der Waals surface area contributed by atoms with Crippen LogP contribution in [0.1, 0.15) is 28.4 Å². The van der Waals surface area contributed by atoms with Gasteiger partial charge in [0.1, 0.15) is 41.8 Å². The second kappa shape index (κ2) is 9.54. The zero-order chi connectivity index (χ0) is 23.7. The SMILES string of the molecule is COc1cc(O[C@@H]2O[C@H](CO)[C@@H](O)[C@H](O)[C@H]2O)c2c(c1OC)OC(c1ccccc1)CC2=O. The van der Waals surface area contributed by atoms with Crippen LogP contribution >= 0.6 is 0 Å². The average Bonchev–Trinajstić information content (AvgIpc) is 2.84. The van der Waals surface area contributed by atoms with Crippen molar-refractivity contribution < 1.29 is 48.9 Å². The van der Waals surface area contributed by atoms with Gasteiger partial charge in [0, 0.05) is 6.07 Å². The molecule has 0 saturated carbocycles. The Bertz CT molecular complexity index is 992. The number of aliphatic hydroxyl groups excluding tert-OH is 4. The number of ether oxygens (including phenoxy) is 5. The monoisotopic (exact) mass is 462 g/mol. The number of carbonyl (C=O) groups excluding carboxylic acids is 1. The van der Waals surface area contributed by atoms with Crippen LogP contribution < -0.4 is 18.9 Å². The molecule has 2 heterocycles. The van der Waals surface area contributed by atoms with E-state index in [1.807, 2.05) is 30.3 Å². The van der Waals surface area contributed by atoms with Gasteiger partial charge >= 0.3 is 0 Å². The number of hydrogen-bond acceptors (Lipinski definition) is 10. The highest BCUT2D eigenvalue weighted by Crippen LogP contribution is 2.50. The summed E-state index contributed by atoms with van der Waals surface area (Å²) in [5.41, 5.74) is 0.870. The normalized spacial score (nSPS) is 29.1. The molecule has 0 aromatic heterocycles. The lowest BCUT2D eigenvalue weighted by atomic mass is 9.94. The van der Waals surface area contributed by atoms with E-state index in [4.69, 9.17) is 23.7 Å². The van der Waals surface area contributed by atoms with E-state index in [9.17, 15) is 25.2 Å². The van der Waals surface area contributed by atoms with Crippen LogP contribution in [0.3, 0.4) is 0 Å². The topological polar surface area (TPSA) is 144 Å². The van der Waals surface area contributed by atoms with E-state index in [0.717, 1.165) is 5.56 Å². The fourth-order valence-corrected chi connectivity index (χ4v) is 4.01. The van der Waals surface area contributed by atoms with Crippen molar-refractivity contribution in [3.8, 4) is 23.0 Å². The number of carbonyl (C=O) groups is 1. The predicted molar refractivity (Wildman–Crippen MR) is 113 cm³/mol. The zero-order valence-corrected chi connectivity index (χ0v) is 18.1. The lowest BCUT2D eigenvalue weighted by Gasteiger charge is -2.40. The Balaban J connectivity index is 1.74. The van der Waals surface area contributed by atoms with Crippen LogP contribution in [0.4, 0.5) is 0 Å². The first-order valence-corrected chi connectivity index (χ1v) is 10.4. The third-order valence-electron chi connectivity index (χ3n) is 5.76. The molecule has 0 radical (unpaired) electrons. The van der Waals surface area contributed by atoms with Crippen LogP contribution in [-0.2, 0) is 4.74 Å². The number of benzene rings is 2. The van der Waals surface area contributed by atoms with Crippen molar-refractivity contribution in [2.45, 2.75) is 43.2 Å². The summed E-state index contributed by atoms with van der Waals surface area (Å²) in [5, 5.41) is 39.9. The van der Waals surface area contributed by atoms with Crippen LogP contribution in [0.2, 0.25) is 0 Å². The summed E-state index contributed by atoms with van der Waals surface area (Å²) in [4.78, 5) is 13.2. The van der Waals surface area contributed by atoms with Crippen LogP contribution in [0.15, 0.2) is 36.4 Å². The van der Waals surface area contributed by atoms with Gasteiger partial charge in [0.25, 0.3) is 0 Å². The quantitative estimate of drug-likeness (QED) is 0.481. The van der Waals surface area contributed by atoms with Gasteiger partial charge in [-0.1, -0.05) is 30.3 Å². The smallest absolute Gasteiger partial charge is 0.229 e. The Kier molecular flexibility index (Phi) is 6.73.